The Bertz CT molecular complexity index is 504. The number of hydrogen-bond acceptors (Lipinski definition) is 2. The lowest BCUT2D eigenvalue weighted by Crippen LogP contribution is -1.89. The molecule has 0 radical (unpaired) electrons. The van der Waals surface area contributed by atoms with E-state index in [4.69, 9.17) is 0 Å². The minimum atomic E-state index is 0.00477. The van der Waals surface area contributed by atoms with Crippen LogP contribution in [0, 0.1) is 6.92 Å². The molecule has 0 aromatic heterocycles. The average Bonchev–Trinajstić information content (AvgIpc) is 2.32. The summed E-state index contributed by atoms with van der Waals surface area (Å²) in [6, 6.07) is 13.2. The van der Waals surface area contributed by atoms with Crippen LogP contribution in [0.1, 0.15) is 11.1 Å². The molecule has 82 valence electrons. The van der Waals surface area contributed by atoms with Crippen LogP contribution in [-0.4, -0.2) is 10.2 Å². The molecule has 0 spiro atoms. The fourth-order valence-electron chi connectivity index (χ4n) is 1.72. The number of phenolic OH excluding ortho intramolecular Hbond substituents is 1. The normalized spacial score (nSPS) is 10.4. The van der Waals surface area contributed by atoms with Crippen LogP contribution in [0.2, 0.25) is 0 Å². The summed E-state index contributed by atoms with van der Waals surface area (Å²) < 4.78 is 0. The van der Waals surface area contributed by atoms with Gasteiger partial charge in [-0.3, -0.25) is 0 Å². The van der Waals surface area contributed by atoms with Gasteiger partial charge in [0.05, 0.1) is 6.61 Å². The number of aliphatic hydroxyl groups excluding tert-OH is 1. The van der Waals surface area contributed by atoms with Gasteiger partial charge in [-0.1, -0.05) is 36.4 Å². The van der Waals surface area contributed by atoms with Crippen LogP contribution in [0.4, 0.5) is 0 Å². The molecule has 0 saturated carbocycles. The number of aryl methyl sites for hydroxylation is 1. The molecule has 2 aromatic rings. The van der Waals surface area contributed by atoms with E-state index in [0.717, 1.165) is 22.3 Å². The maximum Gasteiger partial charge on any atom is 0.119 e. The molecule has 0 fully saturated rings. The van der Waals surface area contributed by atoms with Crippen molar-refractivity contribution >= 4 is 0 Å². The van der Waals surface area contributed by atoms with Gasteiger partial charge >= 0.3 is 0 Å². The largest absolute Gasteiger partial charge is 0.508 e. The smallest absolute Gasteiger partial charge is 0.119 e. The van der Waals surface area contributed by atoms with E-state index in [9.17, 15) is 10.2 Å². The second-order valence-corrected chi connectivity index (χ2v) is 3.82. The minimum Gasteiger partial charge on any atom is -0.508 e. The van der Waals surface area contributed by atoms with E-state index in [1.54, 1.807) is 6.07 Å². The number of benzene rings is 2. The molecule has 0 unspecified atom stereocenters. The number of aromatic hydroxyl groups is 1. The van der Waals surface area contributed by atoms with Crippen molar-refractivity contribution in [2.45, 2.75) is 13.5 Å². The molecule has 0 aliphatic carbocycles. The fraction of sp³-hybridized carbons (Fsp3) is 0.143. The van der Waals surface area contributed by atoms with Crippen molar-refractivity contribution < 1.29 is 10.2 Å². The van der Waals surface area contributed by atoms with Crippen LogP contribution in [0.25, 0.3) is 11.1 Å². The first-order valence-electron chi connectivity index (χ1n) is 5.21. The van der Waals surface area contributed by atoms with Gasteiger partial charge in [-0.25, -0.2) is 0 Å². The summed E-state index contributed by atoms with van der Waals surface area (Å²) in [7, 11) is 0. The molecular weight excluding hydrogens is 200 g/mol. The Hall–Kier alpha value is -1.80. The summed E-state index contributed by atoms with van der Waals surface area (Å²) in [5.41, 5.74) is 3.60. The molecule has 0 bridgehead atoms. The molecule has 2 nitrogen and oxygen atoms in total. The van der Waals surface area contributed by atoms with Crippen molar-refractivity contribution in [1.29, 1.82) is 0 Å². The van der Waals surface area contributed by atoms with E-state index >= 15 is 0 Å². The number of aliphatic hydroxyl groups is 1. The highest BCUT2D eigenvalue weighted by molar-refractivity contribution is 5.69. The Morgan fingerprint density at radius 2 is 1.81 bits per heavy atom. The Balaban J connectivity index is 2.54. The van der Waals surface area contributed by atoms with Crippen LogP contribution >= 0.6 is 0 Å². The molecule has 0 aliphatic heterocycles. The van der Waals surface area contributed by atoms with E-state index in [1.165, 1.54) is 0 Å². The second kappa shape index (κ2) is 4.37. The Morgan fingerprint density at radius 3 is 2.50 bits per heavy atom. The van der Waals surface area contributed by atoms with Crippen molar-refractivity contribution in [2.75, 3.05) is 0 Å². The number of rotatable bonds is 2. The first-order chi connectivity index (χ1) is 7.72. The van der Waals surface area contributed by atoms with Crippen molar-refractivity contribution in [3.63, 3.8) is 0 Å². The highest BCUT2D eigenvalue weighted by Crippen LogP contribution is 2.28. The van der Waals surface area contributed by atoms with Crippen molar-refractivity contribution in [3.05, 3.63) is 53.6 Å². The summed E-state index contributed by atoms with van der Waals surface area (Å²) in [6.45, 7) is 1.86. The Labute approximate surface area is 94.8 Å². The molecule has 2 aromatic carbocycles. The van der Waals surface area contributed by atoms with Crippen LogP contribution in [-0.2, 0) is 6.61 Å². The third-order valence-corrected chi connectivity index (χ3v) is 2.71. The SMILES string of the molecule is Cc1ccc(-c2ccccc2CO)cc1O. The molecule has 0 atom stereocenters. The first kappa shape index (κ1) is 10.7. The van der Waals surface area contributed by atoms with Gasteiger partial charge in [0.2, 0.25) is 0 Å². The lowest BCUT2D eigenvalue weighted by atomic mass is 9.99. The van der Waals surface area contributed by atoms with Crippen LogP contribution in [0.3, 0.4) is 0 Å². The minimum absolute atomic E-state index is 0.00477. The van der Waals surface area contributed by atoms with E-state index in [-0.39, 0.29) is 12.4 Å². The predicted octanol–water partition coefficient (Wildman–Crippen LogP) is 2.86. The molecule has 0 amide bonds. The molecule has 2 heteroatoms. The molecule has 0 heterocycles. The van der Waals surface area contributed by atoms with Crippen molar-refractivity contribution in [2.24, 2.45) is 0 Å². The lowest BCUT2D eigenvalue weighted by Gasteiger charge is -2.08. The molecule has 0 saturated heterocycles. The van der Waals surface area contributed by atoms with Gasteiger partial charge in [-0.2, -0.15) is 0 Å². The fourth-order valence-corrected chi connectivity index (χ4v) is 1.72. The van der Waals surface area contributed by atoms with Gasteiger partial charge in [0.25, 0.3) is 0 Å². The molecular formula is C14H14O2. The summed E-state index contributed by atoms with van der Waals surface area (Å²) >= 11 is 0. The van der Waals surface area contributed by atoms with Crippen molar-refractivity contribution in [1.82, 2.24) is 0 Å². The molecule has 2 N–H and O–H groups in total. The van der Waals surface area contributed by atoms with Crippen LogP contribution in [0.5, 0.6) is 5.75 Å². The second-order valence-electron chi connectivity index (χ2n) is 3.82. The predicted molar refractivity (Wildman–Crippen MR) is 64.2 cm³/mol. The average molecular weight is 214 g/mol. The Morgan fingerprint density at radius 1 is 1.06 bits per heavy atom. The van der Waals surface area contributed by atoms with Gasteiger partial charge < -0.3 is 10.2 Å². The van der Waals surface area contributed by atoms with Crippen LogP contribution in [0.15, 0.2) is 42.5 Å². The molecule has 2 rings (SSSR count). The van der Waals surface area contributed by atoms with E-state index in [2.05, 4.69) is 0 Å². The quantitative estimate of drug-likeness (QED) is 0.807. The van der Waals surface area contributed by atoms with E-state index in [0.29, 0.717) is 0 Å². The third kappa shape index (κ3) is 1.92. The standard InChI is InChI=1S/C14H14O2/c1-10-6-7-11(8-14(10)16)13-5-3-2-4-12(13)9-15/h2-8,15-16H,9H2,1H3. The maximum atomic E-state index is 9.66. The first-order valence-corrected chi connectivity index (χ1v) is 5.21. The van der Waals surface area contributed by atoms with Gasteiger partial charge in [0.1, 0.15) is 5.75 Å². The zero-order valence-electron chi connectivity index (χ0n) is 9.14. The lowest BCUT2D eigenvalue weighted by molar-refractivity contribution is 0.282. The van der Waals surface area contributed by atoms with E-state index < -0.39 is 0 Å². The van der Waals surface area contributed by atoms with Crippen LogP contribution < -0.4 is 0 Å². The summed E-state index contributed by atoms with van der Waals surface area (Å²) in [5.74, 6) is 0.283. The monoisotopic (exact) mass is 214 g/mol. The molecule has 16 heavy (non-hydrogen) atoms. The zero-order chi connectivity index (χ0) is 11.5. The zero-order valence-corrected chi connectivity index (χ0v) is 9.14. The highest BCUT2D eigenvalue weighted by Gasteiger charge is 2.05. The summed E-state index contributed by atoms with van der Waals surface area (Å²) in [4.78, 5) is 0. The van der Waals surface area contributed by atoms with Gasteiger partial charge in [0.15, 0.2) is 0 Å². The summed E-state index contributed by atoms with van der Waals surface area (Å²) in [5, 5.41) is 18.9. The Kier molecular flexibility index (Phi) is 2.93. The van der Waals surface area contributed by atoms with Gasteiger partial charge in [-0.15, -0.1) is 0 Å². The number of phenols is 1. The topological polar surface area (TPSA) is 40.5 Å². The third-order valence-electron chi connectivity index (χ3n) is 2.71. The molecule has 0 aliphatic rings. The van der Waals surface area contributed by atoms with Gasteiger partial charge in [-0.05, 0) is 35.2 Å². The summed E-state index contributed by atoms with van der Waals surface area (Å²) in [6.07, 6.45) is 0. The van der Waals surface area contributed by atoms with Gasteiger partial charge in [0, 0.05) is 0 Å². The van der Waals surface area contributed by atoms with Crippen molar-refractivity contribution in [3.8, 4) is 16.9 Å². The maximum absolute atomic E-state index is 9.66. The highest BCUT2D eigenvalue weighted by atomic mass is 16.3. The van der Waals surface area contributed by atoms with E-state index in [1.807, 2.05) is 43.3 Å². The number of hydrogen-bond donors (Lipinski definition) is 2.